The van der Waals surface area contributed by atoms with E-state index < -0.39 is 12.0 Å². The van der Waals surface area contributed by atoms with Crippen molar-refractivity contribution in [3.05, 3.63) is 0 Å². The summed E-state index contributed by atoms with van der Waals surface area (Å²) in [5.41, 5.74) is 0. The van der Waals surface area contributed by atoms with Gasteiger partial charge in [-0.05, 0) is 0 Å². The molecule has 0 saturated carbocycles. The van der Waals surface area contributed by atoms with Crippen LogP contribution in [0, 0.1) is 0 Å². The zero-order valence-corrected chi connectivity index (χ0v) is 8.16. The number of aliphatic carboxylic acids is 1. The van der Waals surface area contributed by atoms with Crippen molar-refractivity contribution in [2.75, 3.05) is 18.1 Å². The van der Waals surface area contributed by atoms with Crippen molar-refractivity contribution < 1.29 is 9.90 Å². The van der Waals surface area contributed by atoms with Crippen molar-refractivity contribution in [1.82, 2.24) is 5.32 Å². The Balaban J connectivity index is 2.01. The molecule has 2 saturated heterocycles. The normalized spacial score (nSPS) is 32.8. The Morgan fingerprint density at radius 2 is 2.17 bits per heavy atom. The lowest BCUT2D eigenvalue weighted by Crippen LogP contribution is -2.24. The van der Waals surface area contributed by atoms with Crippen LogP contribution in [0.5, 0.6) is 0 Å². The van der Waals surface area contributed by atoms with Crippen LogP contribution in [0.2, 0.25) is 0 Å². The maximum absolute atomic E-state index is 10.6. The Kier molecular flexibility index (Phi) is 2.27. The van der Waals surface area contributed by atoms with Crippen molar-refractivity contribution in [2.24, 2.45) is 0 Å². The third kappa shape index (κ3) is 1.45. The zero-order valence-electron chi connectivity index (χ0n) is 6.52. The van der Waals surface area contributed by atoms with Crippen LogP contribution in [-0.2, 0) is 4.79 Å². The SMILES string of the molecule is O=C(O)C1CC2(C[N]1)SCCS2. The zero-order chi connectivity index (χ0) is 8.60. The summed E-state index contributed by atoms with van der Waals surface area (Å²) in [6, 6.07) is -0.442. The van der Waals surface area contributed by atoms with Gasteiger partial charge in [-0.15, -0.1) is 23.5 Å². The lowest BCUT2D eigenvalue weighted by Gasteiger charge is -2.18. The van der Waals surface area contributed by atoms with Gasteiger partial charge in [0.2, 0.25) is 0 Å². The van der Waals surface area contributed by atoms with E-state index in [1.54, 1.807) is 0 Å². The molecule has 0 bridgehead atoms. The Morgan fingerprint density at radius 3 is 2.67 bits per heavy atom. The molecule has 67 valence electrons. The molecule has 5 heteroatoms. The van der Waals surface area contributed by atoms with Crippen molar-refractivity contribution in [3.8, 4) is 0 Å². The molecule has 1 spiro atoms. The first kappa shape index (κ1) is 8.72. The van der Waals surface area contributed by atoms with Crippen LogP contribution in [0.15, 0.2) is 0 Å². The van der Waals surface area contributed by atoms with Crippen LogP contribution >= 0.6 is 23.5 Å². The van der Waals surface area contributed by atoms with E-state index in [1.807, 2.05) is 23.5 Å². The summed E-state index contributed by atoms with van der Waals surface area (Å²) in [5, 5.41) is 12.9. The Labute approximate surface area is 79.7 Å². The van der Waals surface area contributed by atoms with E-state index in [0.717, 1.165) is 24.5 Å². The van der Waals surface area contributed by atoms with E-state index in [1.165, 1.54) is 0 Å². The molecule has 12 heavy (non-hydrogen) atoms. The molecule has 1 unspecified atom stereocenters. The van der Waals surface area contributed by atoms with Crippen LogP contribution < -0.4 is 5.32 Å². The largest absolute Gasteiger partial charge is 0.480 e. The van der Waals surface area contributed by atoms with Crippen molar-refractivity contribution >= 4 is 29.5 Å². The lowest BCUT2D eigenvalue weighted by molar-refractivity contribution is -0.139. The fourth-order valence-corrected chi connectivity index (χ4v) is 4.67. The number of hydrogen-bond acceptors (Lipinski definition) is 3. The standard InChI is InChI=1S/C7H10NO2S2/c9-6(10)5-3-7(4-8-5)11-1-2-12-7/h5H,1-4H2,(H,9,10). The first-order valence-corrected chi connectivity index (χ1v) is 5.86. The first-order valence-electron chi connectivity index (χ1n) is 3.89. The van der Waals surface area contributed by atoms with E-state index in [-0.39, 0.29) is 4.08 Å². The van der Waals surface area contributed by atoms with Crippen molar-refractivity contribution in [3.63, 3.8) is 0 Å². The van der Waals surface area contributed by atoms with Gasteiger partial charge in [-0.25, -0.2) is 5.32 Å². The summed E-state index contributed by atoms with van der Waals surface area (Å²) in [6.07, 6.45) is 0.720. The van der Waals surface area contributed by atoms with Crippen LogP contribution in [0.4, 0.5) is 0 Å². The number of carboxylic acids is 1. The Bertz CT molecular complexity index is 204. The highest BCUT2D eigenvalue weighted by Gasteiger charge is 2.45. The molecule has 2 fully saturated rings. The molecule has 2 heterocycles. The van der Waals surface area contributed by atoms with Crippen LogP contribution in [0.3, 0.4) is 0 Å². The van der Waals surface area contributed by atoms with Crippen LogP contribution in [0.25, 0.3) is 0 Å². The maximum atomic E-state index is 10.6. The smallest absolute Gasteiger partial charge is 0.322 e. The molecule has 1 radical (unpaired) electrons. The molecule has 3 nitrogen and oxygen atoms in total. The number of carboxylic acid groups (broad SMARTS) is 1. The molecule has 2 aliphatic rings. The van der Waals surface area contributed by atoms with Gasteiger partial charge in [0.15, 0.2) is 0 Å². The summed E-state index contributed by atoms with van der Waals surface area (Å²) >= 11 is 3.76. The quantitative estimate of drug-likeness (QED) is 0.680. The minimum absolute atomic E-state index is 0.128. The molecule has 0 amide bonds. The highest BCUT2D eigenvalue weighted by Crippen LogP contribution is 2.49. The summed E-state index contributed by atoms with van der Waals surface area (Å²) in [7, 11) is 0. The maximum Gasteiger partial charge on any atom is 0.322 e. The van der Waals surface area contributed by atoms with Crippen LogP contribution in [0.1, 0.15) is 6.42 Å². The van der Waals surface area contributed by atoms with Gasteiger partial charge < -0.3 is 5.11 Å². The summed E-state index contributed by atoms with van der Waals surface area (Å²) in [4.78, 5) is 10.6. The topological polar surface area (TPSA) is 51.4 Å². The van der Waals surface area contributed by atoms with Crippen LogP contribution in [-0.4, -0.2) is 39.2 Å². The minimum atomic E-state index is -0.764. The predicted molar refractivity (Wildman–Crippen MR) is 50.7 cm³/mol. The van der Waals surface area contributed by atoms with Gasteiger partial charge in [-0.2, -0.15) is 0 Å². The van der Waals surface area contributed by atoms with Gasteiger partial charge >= 0.3 is 5.97 Å². The van der Waals surface area contributed by atoms with Gasteiger partial charge in [-0.3, -0.25) is 4.79 Å². The minimum Gasteiger partial charge on any atom is -0.480 e. The molecule has 0 aromatic heterocycles. The third-order valence-corrected chi connectivity index (χ3v) is 5.58. The highest BCUT2D eigenvalue weighted by atomic mass is 32.2. The van der Waals surface area contributed by atoms with Gasteiger partial charge in [0.05, 0.1) is 4.08 Å². The second-order valence-corrected chi connectivity index (χ2v) is 6.22. The first-order chi connectivity index (χ1) is 5.72. The van der Waals surface area contributed by atoms with E-state index in [9.17, 15) is 4.79 Å². The molecule has 2 rings (SSSR count). The summed E-state index contributed by atoms with van der Waals surface area (Å²) < 4.78 is 0.128. The molecule has 2 aliphatic heterocycles. The second-order valence-electron chi connectivity index (χ2n) is 3.01. The predicted octanol–water partition coefficient (Wildman–Crippen LogP) is 0.624. The highest BCUT2D eigenvalue weighted by molar-refractivity contribution is 8.21. The van der Waals surface area contributed by atoms with E-state index in [4.69, 9.17) is 5.11 Å². The average molecular weight is 204 g/mol. The average Bonchev–Trinajstić information content (AvgIpc) is 2.62. The fourth-order valence-electron chi connectivity index (χ4n) is 1.54. The van der Waals surface area contributed by atoms with E-state index in [0.29, 0.717) is 0 Å². The molecule has 0 aromatic rings. The van der Waals surface area contributed by atoms with Gasteiger partial charge in [0, 0.05) is 24.5 Å². The number of carbonyl (C=O) groups is 1. The van der Waals surface area contributed by atoms with E-state index >= 15 is 0 Å². The molecule has 0 aliphatic carbocycles. The number of hydrogen-bond donors (Lipinski definition) is 1. The summed E-state index contributed by atoms with van der Waals surface area (Å²) in [6.45, 7) is 0.722. The fraction of sp³-hybridized carbons (Fsp3) is 0.857. The monoisotopic (exact) mass is 204 g/mol. The number of rotatable bonds is 1. The number of thioether (sulfide) groups is 2. The van der Waals surface area contributed by atoms with Crippen molar-refractivity contribution in [2.45, 2.75) is 16.5 Å². The molecule has 1 atom stereocenters. The third-order valence-electron chi connectivity index (χ3n) is 2.16. The van der Waals surface area contributed by atoms with E-state index in [2.05, 4.69) is 5.32 Å². The molecule has 0 aromatic carbocycles. The van der Waals surface area contributed by atoms with Gasteiger partial charge in [0.25, 0.3) is 0 Å². The lowest BCUT2D eigenvalue weighted by atomic mass is 10.2. The van der Waals surface area contributed by atoms with Gasteiger partial charge in [0.1, 0.15) is 6.04 Å². The molecule has 1 N–H and O–H groups in total. The molecular formula is C7H10NO2S2. The van der Waals surface area contributed by atoms with Crippen molar-refractivity contribution in [1.29, 1.82) is 0 Å². The number of nitrogens with zero attached hydrogens (tertiary/aromatic N) is 1. The van der Waals surface area contributed by atoms with Gasteiger partial charge in [-0.1, -0.05) is 0 Å². The Hall–Kier alpha value is 0.130. The second kappa shape index (κ2) is 3.12. The molecular weight excluding hydrogens is 194 g/mol. The Morgan fingerprint density at radius 1 is 1.50 bits per heavy atom. The summed E-state index contributed by atoms with van der Waals surface area (Å²) in [5.74, 6) is 1.53.